The fourth-order valence-electron chi connectivity index (χ4n) is 4.98. The summed E-state index contributed by atoms with van der Waals surface area (Å²) < 4.78 is 41.4. The lowest BCUT2D eigenvalue weighted by molar-refractivity contribution is -0.140. The topological polar surface area (TPSA) is 94.6 Å². The molecule has 2 heterocycles. The van der Waals surface area contributed by atoms with Crippen LogP contribution in [0.2, 0.25) is 0 Å². The van der Waals surface area contributed by atoms with Crippen molar-refractivity contribution in [1.29, 1.82) is 0 Å². The Hall–Kier alpha value is -3.75. The summed E-state index contributed by atoms with van der Waals surface area (Å²) in [6, 6.07) is 23.5. The lowest BCUT2D eigenvalue weighted by Crippen LogP contribution is -2.46. The normalized spacial score (nSPS) is 19.6. The Labute approximate surface area is 216 Å². The highest BCUT2D eigenvalue weighted by Gasteiger charge is 2.51. The van der Waals surface area contributed by atoms with Gasteiger partial charge in [-0.2, -0.15) is 0 Å². The molecule has 1 aliphatic rings. The average Bonchev–Trinajstić information content (AvgIpc) is 3.35. The fraction of sp³-hybridized carbons (Fsp3) is 0.241. The number of benzene rings is 3. The van der Waals surface area contributed by atoms with E-state index in [0.717, 1.165) is 16.8 Å². The Morgan fingerprint density at radius 2 is 1.81 bits per heavy atom. The first-order chi connectivity index (χ1) is 17.7. The number of aryl methyl sites for hydroxylation is 2. The number of carbonyl (C=O) groups excluding carboxylic acids is 1. The van der Waals surface area contributed by atoms with E-state index < -0.39 is 21.5 Å². The third kappa shape index (κ3) is 4.58. The van der Waals surface area contributed by atoms with Crippen LogP contribution in [0.5, 0.6) is 5.75 Å². The second-order valence-corrected chi connectivity index (χ2v) is 11.0. The van der Waals surface area contributed by atoms with E-state index in [0.29, 0.717) is 22.2 Å². The van der Waals surface area contributed by atoms with E-state index in [1.54, 1.807) is 30.3 Å². The van der Waals surface area contributed by atoms with Crippen LogP contribution in [0.1, 0.15) is 34.7 Å². The first-order valence-corrected chi connectivity index (χ1v) is 13.5. The van der Waals surface area contributed by atoms with Crippen molar-refractivity contribution in [3.63, 3.8) is 0 Å². The Balaban J connectivity index is 1.58. The third-order valence-electron chi connectivity index (χ3n) is 6.84. The zero-order valence-electron chi connectivity index (χ0n) is 20.9. The predicted molar refractivity (Wildman–Crippen MR) is 141 cm³/mol. The van der Waals surface area contributed by atoms with Gasteiger partial charge in [-0.1, -0.05) is 48.0 Å². The number of pyridine rings is 1. The van der Waals surface area contributed by atoms with E-state index in [1.165, 1.54) is 13.2 Å². The number of nitrogens with one attached hydrogen (secondary N) is 1. The third-order valence-corrected chi connectivity index (χ3v) is 8.23. The maximum absolute atomic E-state index is 14.0. The molecule has 0 aliphatic carbocycles. The molecule has 1 amide bonds. The lowest BCUT2D eigenvalue weighted by atomic mass is 9.83. The minimum Gasteiger partial charge on any atom is -0.496 e. The van der Waals surface area contributed by atoms with Crippen molar-refractivity contribution in [2.75, 3.05) is 13.7 Å². The predicted octanol–water partition coefficient (Wildman–Crippen LogP) is 4.76. The van der Waals surface area contributed by atoms with E-state index in [2.05, 4.69) is 9.71 Å². The molecule has 1 aromatic heterocycles. The van der Waals surface area contributed by atoms with Crippen LogP contribution >= 0.6 is 0 Å². The van der Waals surface area contributed by atoms with Crippen LogP contribution in [0.3, 0.4) is 0 Å². The van der Waals surface area contributed by atoms with Gasteiger partial charge in [-0.3, -0.25) is 9.78 Å². The number of methoxy groups -OCH3 is 1. The maximum atomic E-state index is 14.0. The monoisotopic (exact) mass is 516 g/mol. The standard InChI is InChI=1S/C29H28N2O5S/c1-19-12-15-26(35-3)24(16-19)29(17-22(18-36-29)21-8-5-4-6-9-21)28(32)31-37(33,34)27-11-7-10-25-23(27)14-13-20(2)30-25/h4-16,22H,17-18H2,1-3H3,(H,31,32)/t22-,29+/m0/s1. The van der Waals surface area contributed by atoms with Gasteiger partial charge in [-0.05, 0) is 62.2 Å². The fourth-order valence-corrected chi connectivity index (χ4v) is 6.21. The van der Waals surface area contributed by atoms with E-state index in [9.17, 15) is 13.2 Å². The SMILES string of the molecule is COc1ccc(C)cc1[C@@]1(C(=O)NS(=O)(=O)c2cccc3nc(C)ccc23)C[C@H](c2ccccc2)CO1. The molecule has 1 saturated heterocycles. The molecule has 3 aromatic carbocycles. The Morgan fingerprint density at radius 3 is 2.57 bits per heavy atom. The first-order valence-electron chi connectivity index (χ1n) is 12.0. The van der Waals surface area contributed by atoms with Crippen molar-refractivity contribution >= 4 is 26.8 Å². The summed E-state index contributed by atoms with van der Waals surface area (Å²) in [5.41, 5.74) is 2.14. The molecule has 0 radical (unpaired) electrons. The van der Waals surface area contributed by atoms with E-state index in [4.69, 9.17) is 9.47 Å². The zero-order chi connectivity index (χ0) is 26.2. The Bertz CT molecular complexity index is 1590. The first kappa shape index (κ1) is 24.9. The molecule has 4 aromatic rings. The van der Waals surface area contributed by atoms with Crippen molar-refractivity contribution in [2.24, 2.45) is 0 Å². The smallest absolute Gasteiger partial charge is 0.270 e. The molecule has 0 spiro atoms. The number of fused-ring (bicyclic) bond motifs is 1. The summed E-state index contributed by atoms with van der Waals surface area (Å²) in [5.74, 6) is -0.409. The second-order valence-electron chi connectivity index (χ2n) is 9.36. The molecule has 8 heteroatoms. The molecule has 0 unspecified atom stereocenters. The molecule has 5 rings (SSSR count). The number of amides is 1. The van der Waals surface area contributed by atoms with Crippen molar-refractivity contribution in [3.8, 4) is 5.75 Å². The summed E-state index contributed by atoms with van der Waals surface area (Å²) in [5, 5.41) is 0.435. The van der Waals surface area contributed by atoms with E-state index in [1.807, 2.05) is 56.3 Å². The number of aromatic nitrogens is 1. The minimum absolute atomic E-state index is 0.0187. The van der Waals surface area contributed by atoms with Crippen molar-refractivity contribution in [1.82, 2.24) is 9.71 Å². The van der Waals surface area contributed by atoms with Crippen molar-refractivity contribution in [3.05, 3.63) is 101 Å². The summed E-state index contributed by atoms with van der Waals surface area (Å²) in [6.45, 7) is 3.99. The molecular formula is C29H28N2O5S. The molecule has 1 aliphatic heterocycles. The minimum atomic E-state index is -4.25. The quantitative estimate of drug-likeness (QED) is 0.397. The van der Waals surface area contributed by atoms with Gasteiger partial charge >= 0.3 is 0 Å². The number of hydrogen-bond donors (Lipinski definition) is 1. The molecule has 190 valence electrons. The summed E-state index contributed by atoms with van der Waals surface area (Å²) >= 11 is 0. The summed E-state index contributed by atoms with van der Waals surface area (Å²) in [7, 11) is -2.74. The number of ether oxygens (including phenoxy) is 2. The highest BCUT2D eigenvalue weighted by Crippen LogP contribution is 2.47. The molecule has 1 fully saturated rings. The summed E-state index contributed by atoms with van der Waals surface area (Å²) in [4.78, 5) is 18.4. The van der Waals surface area contributed by atoms with Crippen LogP contribution < -0.4 is 9.46 Å². The van der Waals surface area contributed by atoms with Crippen molar-refractivity contribution in [2.45, 2.75) is 36.7 Å². The molecule has 0 bridgehead atoms. The second kappa shape index (κ2) is 9.61. The van der Waals surface area contributed by atoms with Crippen LogP contribution in [0.4, 0.5) is 0 Å². The highest BCUT2D eigenvalue weighted by molar-refractivity contribution is 7.90. The van der Waals surface area contributed by atoms with Gasteiger partial charge in [-0.25, -0.2) is 13.1 Å². The number of hydrogen-bond acceptors (Lipinski definition) is 6. The zero-order valence-corrected chi connectivity index (χ0v) is 21.7. The Kier molecular flexibility index (Phi) is 6.47. The maximum Gasteiger partial charge on any atom is 0.270 e. The largest absolute Gasteiger partial charge is 0.496 e. The van der Waals surface area contributed by atoms with Gasteiger partial charge in [0.2, 0.25) is 0 Å². The van der Waals surface area contributed by atoms with E-state index >= 15 is 0 Å². The van der Waals surface area contributed by atoms with Crippen LogP contribution in [0.15, 0.2) is 83.8 Å². The molecule has 37 heavy (non-hydrogen) atoms. The average molecular weight is 517 g/mol. The number of sulfonamides is 1. The molecule has 0 saturated carbocycles. The van der Waals surface area contributed by atoms with Gasteiger partial charge in [-0.15, -0.1) is 0 Å². The van der Waals surface area contributed by atoms with Gasteiger partial charge in [0.25, 0.3) is 15.9 Å². The molecule has 2 atom stereocenters. The van der Waals surface area contributed by atoms with Gasteiger partial charge in [0.05, 0.1) is 24.1 Å². The molecular weight excluding hydrogens is 488 g/mol. The van der Waals surface area contributed by atoms with Gasteiger partial charge in [0.15, 0.2) is 5.60 Å². The van der Waals surface area contributed by atoms with Crippen LogP contribution in [-0.4, -0.2) is 33.0 Å². The van der Waals surface area contributed by atoms with Crippen molar-refractivity contribution < 1.29 is 22.7 Å². The number of rotatable bonds is 6. The Morgan fingerprint density at radius 1 is 1.03 bits per heavy atom. The van der Waals surface area contributed by atoms with E-state index in [-0.39, 0.29) is 23.8 Å². The summed E-state index contributed by atoms with van der Waals surface area (Å²) in [6.07, 6.45) is 0.258. The van der Waals surface area contributed by atoms with Crippen LogP contribution in [-0.2, 0) is 25.2 Å². The number of nitrogens with zero attached hydrogens (tertiary/aromatic N) is 1. The highest BCUT2D eigenvalue weighted by atomic mass is 32.2. The van der Waals surface area contributed by atoms with Gasteiger partial charge in [0, 0.05) is 22.6 Å². The lowest BCUT2D eigenvalue weighted by Gasteiger charge is -2.29. The van der Waals surface area contributed by atoms with Gasteiger partial charge < -0.3 is 9.47 Å². The van der Waals surface area contributed by atoms with Crippen LogP contribution in [0.25, 0.3) is 10.9 Å². The van der Waals surface area contributed by atoms with Gasteiger partial charge in [0.1, 0.15) is 5.75 Å². The number of carbonyl (C=O) groups is 1. The van der Waals surface area contributed by atoms with Crippen LogP contribution in [0, 0.1) is 13.8 Å². The molecule has 7 nitrogen and oxygen atoms in total. The molecule has 1 N–H and O–H groups in total.